The summed E-state index contributed by atoms with van der Waals surface area (Å²) in [6.45, 7) is 0. The van der Waals surface area contributed by atoms with Crippen molar-refractivity contribution in [2.24, 2.45) is 0 Å². The molecule has 1 aliphatic heterocycles. The number of thiazole rings is 1. The van der Waals surface area contributed by atoms with Crippen LogP contribution in [-0.2, 0) is 14.4 Å². The van der Waals surface area contributed by atoms with Gasteiger partial charge in [-0.3, -0.25) is 14.4 Å². The zero-order valence-electron chi connectivity index (χ0n) is 9.62. The minimum atomic E-state index is -0.303. The standard InChI is InChI=1S/C10H9N3O3S3/c14-6(12-9-11-3-4-18-9)5-19-10(17)13-7(15)1-2-8(13)16/h3-4H,1-2,5H2,(H,11,12,14). The Morgan fingerprint density at radius 1 is 1.47 bits per heavy atom. The third-order valence-corrected chi connectivity index (χ3v) is 4.30. The number of nitrogens with one attached hydrogen (secondary N) is 1. The highest BCUT2D eigenvalue weighted by atomic mass is 32.2. The number of likely N-dealkylation sites (tertiary alicyclic amines) is 1. The third-order valence-electron chi connectivity index (χ3n) is 2.24. The van der Waals surface area contributed by atoms with Gasteiger partial charge >= 0.3 is 0 Å². The molecule has 6 nitrogen and oxygen atoms in total. The zero-order chi connectivity index (χ0) is 13.8. The minimum absolute atomic E-state index is 0.0372. The van der Waals surface area contributed by atoms with E-state index in [1.54, 1.807) is 11.6 Å². The molecule has 19 heavy (non-hydrogen) atoms. The fourth-order valence-electron chi connectivity index (χ4n) is 1.41. The molecule has 1 aliphatic rings. The van der Waals surface area contributed by atoms with E-state index in [0.29, 0.717) is 5.13 Å². The highest BCUT2D eigenvalue weighted by molar-refractivity contribution is 8.23. The number of thiocarbonyl (C=S) groups is 1. The normalized spacial score (nSPS) is 14.8. The number of aromatic nitrogens is 1. The van der Waals surface area contributed by atoms with Gasteiger partial charge in [0.15, 0.2) is 5.13 Å². The van der Waals surface area contributed by atoms with Gasteiger partial charge in [-0.1, -0.05) is 24.0 Å². The number of rotatable bonds is 3. The van der Waals surface area contributed by atoms with Gasteiger partial charge in [-0.25, -0.2) is 9.88 Å². The van der Waals surface area contributed by atoms with Gasteiger partial charge in [0.2, 0.25) is 17.7 Å². The van der Waals surface area contributed by atoms with E-state index in [4.69, 9.17) is 12.2 Å². The van der Waals surface area contributed by atoms with E-state index in [2.05, 4.69) is 10.3 Å². The number of carbonyl (C=O) groups excluding carboxylic acids is 3. The predicted octanol–water partition coefficient (Wildman–Crippen LogP) is 1.25. The third kappa shape index (κ3) is 3.58. The first-order valence-electron chi connectivity index (χ1n) is 5.30. The fraction of sp³-hybridized carbons (Fsp3) is 0.300. The topological polar surface area (TPSA) is 79.4 Å². The minimum Gasteiger partial charge on any atom is -0.301 e. The molecule has 3 amide bonds. The number of amides is 3. The smallest absolute Gasteiger partial charge is 0.236 e. The van der Waals surface area contributed by atoms with Crippen molar-refractivity contribution in [1.29, 1.82) is 0 Å². The largest absolute Gasteiger partial charge is 0.301 e. The van der Waals surface area contributed by atoms with Crippen LogP contribution in [0.3, 0.4) is 0 Å². The Hall–Kier alpha value is -1.32. The van der Waals surface area contributed by atoms with Crippen LogP contribution in [0.1, 0.15) is 12.8 Å². The second-order valence-electron chi connectivity index (χ2n) is 3.56. The summed E-state index contributed by atoms with van der Waals surface area (Å²) in [7, 11) is 0. The summed E-state index contributed by atoms with van der Waals surface area (Å²) >= 11 is 7.29. The Morgan fingerprint density at radius 3 is 2.74 bits per heavy atom. The second-order valence-corrected chi connectivity index (χ2v) is 6.07. The van der Waals surface area contributed by atoms with Crippen LogP contribution < -0.4 is 5.32 Å². The molecular weight excluding hydrogens is 306 g/mol. The average Bonchev–Trinajstić information content (AvgIpc) is 2.97. The van der Waals surface area contributed by atoms with Crippen LogP contribution in [0.2, 0.25) is 0 Å². The first-order valence-corrected chi connectivity index (χ1v) is 7.57. The Labute approximate surface area is 122 Å². The van der Waals surface area contributed by atoms with Crippen molar-refractivity contribution >= 4 is 62.5 Å². The van der Waals surface area contributed by atoms with Crippen molar-refractivity contribution in [3.8, 4) is 0 Å². The summed E-state index contributed by atoms with van der Waals surface area (Å²) < 4.78 is 0.127. The van der Waals surface area contributed by atoms with Crippen LogP contribution in [0.5, 0.6) is 0 Å². The maximum Gasteiger partial charge on any atom is 0.236 e. The highest BCUT2D eigenvalue weighted by Gasteiger charge is 2.32. The first kappa shape index (κ1) is 14.1. The molecule has 0 radical (unpaired) electrons. The second kappa shape index (κ2) is 6.22. The van der Waals surface area contributed by atoms with Crippen LogP contribution in [0.4, 0.5) is 5.13 Å². The number of anilines is 1. The molecule has 0 saturated carbocycles. The molecule has 1 aromatic heterocycles. The maximum atomic E-state index is 11.6. The molecule has 1 aromatic rings. The summed E-state index contributed by atoms with van der Waals surface area (Å²) in [6, 6.07) is 0. The lowest BCUT2D eigenvalue weighted by molar-refractivity contribution is -0.133. The highest BCUT2D eigenvalue weighted by Crippen LogP contribution is 2.19. The van der Waals surface area contributed by atoms with Crippen LogP contribution in [0, 0.1) is 0 Å². The van der Waals surface area contributed by atoms with Crippen molar-refractivity contribution in [2.75, 3.05) is 11.1 Å². The quantitative estimate of drug-likeness (QED) is 0.668. The molecule has 1 N–H and O–H groups in total. The van der Waals surface area contributed by atoms with Gasteiger partial charge in [-0.05, 0) is 0 Å². The monoisotopic (exact) mass is 315 g/mol. The van der Waals surface area contributed by atoms with E-state index in [0.717, 1.165) is 16.7 Å². The van der Waals surface area contributed by atoms with Gasteiger partial charge in [0.1, 0.15) is 4.32 Å². The SMILES string of the molecule is O=C(CSC(=S)N1C(=O)CCC1=O)Nc1nccs1. The van der Waals surface area contributed by atoms with Gasteiger partial charge in [-0.2, -0.15) is 0 Å². The first-order chi connectivity index (χ1) is 9.08. The van der Waals surface area contributed by atoms with Gasteiger partial charge in [0.25, 0.3) is 0 Å². The van der Waals surface area contributed by atoms with Crippen molar-refractivity contribution in [2.45, 2.75) is 12.8 Å². The number of nitrogens with zero attached hydrogens (tertiary/aromatic N) is 2. The Balaban J connectivity index is 1.82. The summed E-state index contributed by atoms with van der Waals surface area (Å²) in [4.78, 5) is 39.3. The van der Waals surface area contributed by atoms with Crippen LogP contribution in [-0.4, -0.2) is 37.7 Å². The van der Waals surface area contributed by atoms with Crippen molar-refractivity contribution in [3.05, 3.63) is 11.6 Å². The van der Waals surface area contributed by atoms with E-state index in [1.165, 1.54) is 11.3 Å². The fourth-order valence-corrected chi connectivity index (χ4v) is 3.00. The van der Waals surface area contributed by atoms with E-state index >= 15 is 0 Å². The molecule has 1 fully saturated rings. The molecule has 0 atom stereocenters. The van der Waals surface area contributed by atoms with Crippen molar-refractivity contribution in [3.63, 3.8) is 0 Å². The lowest BCUT2D eigenvalue weighted by Gasteiger charge is -2.13. The molecule has 9 heteroatoms. The molecular formula is C10H9N3O3S3. The molecule has 100 valence electrons. The summed E-state index contributed by atoms with van der Waals surface area (Å²) in [5.41, 5.74) is 0. The van der Waals surface area contributed by atoms with Crippen molar-refractivity contribution in [1.82, 2.24) is 9.88 Å². The number of imide groups is 1. The molecule has 0 aliphatic carbocycles. The zero-order valence-corrected chi connectivity index (χ0v) is 12.1. The van der Waals surface area contributed by atoms with E-state index in [-0.39, 0.29) is 40.6 Å². The van der Waals surface area contributed by atoms with E-state index in [9.17, 15) is 14.4 Å². The molecule has 0 bridgehead atoms. The van der Waals surface area contributed by atoms with Crippen LogP contribution >= 0.6 is 35.3 Å². The van der Waals surface area contributed by atoms with Crippen molar-refractivity contribution < 1.29 is 14.4 Å². The summed E-state index contributed by atoms with van der Waals surface area (Å²) in [6.07, 6.45) is 1.95. The molecule has 1 saturated heterocycles. The summed E-state index contributed by atoms with van der Waals surface area (Å²) in [5, 5.41) is 4.84. The van der Waals surface area contributed by atoms with Crippen LogP contribution in [0.15, 0.2) is 11.6 Å². The Bertz CT molecular complexity index is 513. The van der Waals surface area contributed by atoms with Crippen LogP contribution in [0.25, 0.3) is 0 Å². The van der Waals surface area contributed by atoms with E-state index in [1.807, 2.05) is 0 Å². The molecule has 0 spiro atoms. The molecule has 0 unspecified atom stereocenters. The maximum absolute atomic E-state index is 11.6. The average molecular weight is 315 g/mol. The number of hydrogen-bond donors (Lipinski definition) is 1. The van der Waals surface area contributed by atoms with Gasteiger partial charge in [0, 0.05) is 24.4 Å². The number of thioether (sulfide) groups is 1. The molecule has 2 rings (SSSR count). The van der Waals surface area contributed by atoms with Gasteiger partial charge in [-0.15, -0.1) is 11.3 Å². The van der Waals surface area contributed by atoms with Gasteiger partial charge in [0.05, 0.1) is 5.75 Å². The lowest BCUT2D eigenvalue weighted by atomic mass is 10.4. The Morgan fingerprint density at radius 2 is 2.16 bits per heavy atom. The predicted molar refractivity (Wildman–Crippen MR) is 76.9 cm³/mol. The number of hydrogen-bond acceptors (Lipinski definition) is 7. The molecule has 2 heterocycles. The summed E-state index contributed by atoms with van der Waals surface area (Å²) in [5.74, 6) is -0.845. The number of carbonyl (C=O) groups is 3. The van der Waals surface area contributed by atoms with E-state index < -0.39 is 0 Å². The Kier molecular flexibility index (Phi) is 4.61. The molecule has 0 aromatic carbocycles. The van der Waals surface area contributed by atoms with Gasteiger partial charge < -0.3 is 5.32 Å². The lowest BCUT2D eigenvalue weighted by Crippen LogP contribution is -2.33.